The van der Waals surface area contributed by atoms with Crippen LogP contribution in [0.2, 0.25) is 5.02 Å². The first-order chi connectivity index (χ1) is 11.5. The number of aryl methyl sites for hydroxylation is 1. The molecule has 24 heavy (non-hydrogen) atoms. The second kappa shape index (κ2) is 6.62. The van der Waals surface area contributed by atoms with Gasteiger partial charge in [-0.3, -0.25) is 14.9 Å². The lowest BCUT2D eigenvalue weighted by Gasteiger charge is -2.15. The van der Waals surface area contributed by atoms with E-state index in [2.05, 4.69) is 10.3 Å². The Morgan fingerprint density at radius 1 is 1.38 bits per heavy atom. The van der Waals surface area contributed by atoms with Gasteiger partial charge < -0.3 is 9.47 Å². The van der Waals surface area contributed by atoms with Crippen molar-refractivity contribution < 1.29 is 9.59 Å². The van der Waals surface area contributed by atoms with Crippen molar-refractivity contribution >= 4 is 51.7 Å². The first-order valence-corrected chi connectivity index (χ1v) is 8.42. The zero-order chi connectivity index (χ0) is 17.3. The number of benzene rings is 1. The van der Waals surface area contributed by atoms with Gasteiger partial charge >= 0.3 is 0 Å². The van der Waals surface area contributed by atoms with E-state index in [0.717, 1.165) is 5.52 Å². The number of fused-ring (bicyclic) bond motifs is 1. The predicted octanol–water partition coefficient (Wildman–Crippen LogP) is 3.00. The van der Waals surface area contributed by atoms with Crippen LogP contribution in [0.4, 0.5) is 5.95 Å². The molecule has 0 aliphatic heterocycles. The first kappa shape index (κ1) is 16.5. The smallest absolute Gasteiger partial charge is 0.264 e. The molecule has 0 spiro atoms. The largest absolute Gasteiger partial charge is 0.332 e. The Morgan fingerprint density at radius 2 is 2.17 bits per heavy atom. The number of halogens is 1. The highest BCUT2D eigenvalue weighted by atomic mass is 35.5. The van der Waals surface area contributed by atoms with Gasteiger partial charge in [0.2, 0.25) is 11.9 Å². The van der Waals surface area contributed by atoms with E-state index in [1.165, 1.54) is 16.2 Å². The van der Waals surface area contributed by atoms with Gasteiger partial charge in [0.15, 0.2) is 0 Å². The Bertz CT molecular complexity index is 904. The SMILES string of the molecule is CN(CC(=O)Nc1nc2cc(Cl)ccc2n1C)C(=O)c1cccs1. The standard InChI is InChI=1S/C16H15ClN4O2S/c1-20(15(23)13-4-3-7-24-13)9-14(22)19-16-18-11-8-10(17)5-6-12(11)21(16)2/h3-8H,9H2,1-2H3,(H,18,19,22). The number of rotatable bonds is 4. The second-order valence-corrected chi connectivity index (χ2v) is 6.70. The third-order valence-electron chi connectivity index (χ3n) is 3.55. The molecule has 0 radical (unpaired) electrons. The summed E-state index contributed by atoms with van der Waals surface area (Å²) in [5.74, 6) is -0.0851. The van der Waals surface area contributed by atoms with Crippen molar-refractivity contribution in [3.8, 4) is 0 Å². The predicted molar refractivity (Wildman–Crippen MR) is 95.6 cm³/mol. The highest BCUT2D eigenvalue weighted by Gasteiger charge is 2.17. The van der Waals surface area contributed by atoms with Crippen molar-refractivity contribution in [2.24, 2.45) is 7.05 Å². The van der Waals surface area contributed by atoms with E-state index in [1.54, 1.807) is 42.9 Å². The summed E-state index contributed by atoms with van der Waals surface area (Å²) in [6, 6.07) is 8.88. The van der Waals surface area contributed by atoms with Crippen molar-refractivity contribution in [3.63, 3.8) is 0 Å². The van der Waals surface area contributed by atoms with Crippen LogP contribution in [0.3, 0.4) is 0 Å². The highest BCUT2D eigenvalue weighted by Crippen LogP contribution is 2.21. The van der Waals surface area contributed by atoms with Gasteiger partial charge in [0.25, 0.3) is 5.91 Å². The molecule has 3 rings (SSSR count). The summed E-state index contributed by atoms with van der Waals surface area (Å²) < 4.78 is 1.77. The first-order valence-electron chi connectivity index (χ1n) is 7.16. The van der Waals surface area contributed by atoms with Gasteiger partial charge in [0.1, 0.15) is 0 Å². The molecular formula is C16H15ClN4O2S. The normalized spacial score (nSPS) is 10.8. The topological polar surface area (TPSA) is 67.2 Å². The van der Waals surface area contributed by atoms with Gasteiger partial charge in [-0.25, -0.2) is 4.98 Å². The van der Waals surface area contributed by atoms with Crippen LogP contribution >= 0.6 is 22.9 Å². The third kappa shape index (κ3) is 3.27. The van der Waals surface area contributed by atoms with Crippen molar-refractivity contribution in [1.82, 2.24) is 14.5 Å². The summed E-state index contributed by atoms with van der Waals surface area (Å²) in [6.45, 7) is -0.0549. The minimum atomic E-state index is -0.313. The van der Waals surface area contributed by atoms with Crippen LogP contribution < -0.4 is 5.32 Å². The molecule has 0 aliphatic carbocycles. The van der Waals surface area contributed by atoms with Crippen LogP contribution in [0.25, 0.3) is 11.0 Å². The molecular weight excluding hydrogens is 348 g/mol. The molecule has 0 bridgehead atoms. The number of nitrogens with one attached hydrogen (secondary N) is 1. The Morgan fingerprint density at radius 3 is 2.88 bits per heavy atom. The molecule has 0 atom stereocenters. The van der Waals surface area contributed by atoms with Crippen molar-refractivity contribution in [1.29, 1.82) is 0 Å². The molecule has 2 heterocycles. The van der Waals surface area contributed by atoms with E-state index in [4.69, 9.17) is 11.6 Å². The van der Waals surface area contributed by atoms with Crippen molar-refractivity contribution in [2.75, 3.05) is 18.9 Å². The van der Waals surface area contributed by atoms with Crippen LogP contribution in [-0.2, 0) is 11.8 Å². The second-order valence-electron chi connectivity index (χ2n) is 5.31. The maximum Gasteiger partial charge on any atom is 0.264 e. The van der Waals surface area contributed by atoms with Crippen LogP contribution in [-0.4, -0.2) is 39.9 Å². The minimum Gasteiger partial charge on any atom is -0.332 e. The maximum atomic E-state index is 12.2. The number of anilines is 1. The molecule has 1 aromatic carbocycles. The summed E-state index contributed by atoms with van der Waals surface area (Å²) in [4.78, 5) is 30.7. The number of nitrogens with zero attached hydrogens (tertiary/aromatic N) is 3. The Labute approximate surface area is 147 Å². The molecule has 8 heteroatoms. The van der Waals surface area contributed by atoms with Crippen LogP contribution in [0.15, 0.2) is 35.7 Å². The number of hydrogen-bond acceptors (Lipinski definition) is 4. The summed E-state index contributed by atoms with van der Waals surface area (Å²) in [5.41, 5.74) is 1.56. The molecule has 6 nitrogen and oxygen atoms in total. The molecule has 0 unspecified atom stereocenters. The van der Waals surface area contributed by atoms with Crippen molar-refractivity contribution in [3.05, 3.63) is 45.6 Å². The van der Waals surface area contributed by atoms with Crippen molar-refractivity contribution in [2.45, 2.75) is 0 Å². The fraction of sp³-hybridized carbons (Fsp3) is 0.188. The fourth-order valence-corrected chi connectivity index (χ4v) is 3.21. The van der Waals surface area contributed by atoms with Crippen LogP contribution in [0.1, 0.15) is 9.67 Å². The van der Waals surface area contributed by atoms with E-state index < -0.39 is 0 Å². The number of amides is 2. The number of thiophene rings is 1. The number of aromatic nitrogens is 2. The van der Waals surface area contributed by atoms with Crippen LogP contribution in [0.5, 0.6) is 0 Å². The van der Waals surface area contributed by atoms with Gasteiger partial charge in [0, 0.05) is 19.1 Å². The van der Waals surface area contributed by atoms with E-state index in [9.17, 15) is 9.59 Å². The van der Waals surface area contributed by atoms with Gasteiger partial charge in [-0.15, -0.1) is 11.3 Å². The van der Waals surface area contributed by atoms with E-state index in [-0.39, 0.29) is 18.4 Å². The average Bonchev–Trinajstić information content (AvgIpc) is 3.16. The summed E-state index contributed by atoms with van der Waals surface area (Å²) in [7, 11) is 3.40. The molecule has 2 aromatic heterocycles. The zero-order valence-electron chi connectivity index (χ0n) is 13.1. The van der Waals surface area contributed by atoms with E-state index >= 15 is 0 Å². The summed E-state index contributed by atoms with van der Waals surface area (Å²) in [5, 5.41) is 5.14. The highest BCUT2D eigenvalue weighted by molar-refractivity contribution is 7.12. The van der Waals surface area contributed by atoms with Crippen LogP contribution in [0, 0.1) is 0 Å². The molecule has 124 valence electrons. The Kier molecular flexibility index (Phi) is 4.55. The number of imidazole rings is 1. The fourth-order valence-electron chi connectivity index (χ4n) is 2.32. The van der Waals surface area contributed by atoms with Gasteiger partial charge in [-0.1, -0.05) is 17.7 Å². The van der Waals surface area contributed by atoms with Gasteiger partial charge in [0.05, 0.1) is 22.5 Å². The molecule has 1 N–H and O–H groups in total. The summed E-state index contributed by atoms with van der Waals surface area (Å²) in [6.07, 6.45) is 0. The quantitative estimate of drug-likeness (QED) is 0.775. The zero-order valence-corrected chi connectivity index (χ0v) is 14.7. The average molecular weight is 363 g/mol. The maximum absolute atomic E-state index is 12.2. The third-order valence-corrected chi connectivity index (χ3v) is 4.65. The number of likely N-dealkylation sites (N-methyl/N-ethyl adjacent to an activating group) is 1. The molecule has 0 saturated heterocycles. The molecule has 0 saturated carbocycles. The Hall–Kier alpha value is -2.38. The van der Waals surface area contributed by atoms with Gasteiger partial charge in [-0.2, -0.15) is 0 Å². The van der Waals surface area contributed by atoms with Gasteiger partial charge in [-0.05, 0) is 29.6 Å². The molecule has 3 aromatic rings. The molecule has 0 aliphatic rings. The minimum absolute atomic E-state index is 0.0549. The molecule has 2 amide bonds. The number of carbonyl (C=O) groups excluding carboxylic acids is 2. The molecule has 0 fully saturated rings. The van der Waals surface area contributed by atoms with E-state index in [0.29, 0.717) is 21.4 Å². The monoisotopic (exact) mass is 362 g/mol. The lowest BCUT2D eigenvalue weighted by Crippen LogP contribution is -2.35. The summed E-state index contributed by atoms with van der Waals surface area (Å²) >= 11 is 7.30. The number of hydrogen-bond donors (Lipinski definition) is 1. The lowest BCUT2D eigenvalue weighted by molar-refractivity contribution is -0.116. The lowest BCUT2D eigenvalue weighted by atomic mass is 10.3. The Balaban J connectivity index is 1.71. The number of carbonyl (C=O) groups is 2. The van der Waals surface area contributed by atoms with E-state index in [1.807, 2.05) is 11.4 Å².